The van der Waals surface area contributed by atoms with Gasteiger partial charge in [0, 0.05) is 26.3 Å². The van der Waals surface area contributed by atoms with E-state index in [9.17, 15) is 4.79 Å². The average Bonchev–Trinajstić information content (AvgIpc) is 3.52. The van der Waals surface area contributed by atoms with E-state index in [4.69, 9.17) is 9.97 Å². The normalized spacial score (nSPS) is 18.2. The Hall–Kier alpha value is -3.30. The predicted octanol–water partition coefficient (Wildman–Crippen LogP) is 2.47. The van der Waals surface area contributed by atoms with Crippen LogP contribution in [0.3, 0.4) is 0 Å². The molecule has 10 heteroatoms. The van der Waals surface area contributed by atoms with Crippen molar-refractivity contribution in [1.82, 2.24) is 39.2 Å². The summed E-state index contributed by atoms with van der Waals surface area (Å²) in [5.74, 6) is 2.21. The van der Waals surface area contributed by atoms with Crippen molar-refractivity contribution in [2.75, 3.05) is 19.0 Å². The van der Waals surface area contributed by atoms with Crippen LogP contribution in [0.25, 0.3) is 11.6 Å². The van der Waals surface area contributed by atoms with Gasteiger partial charge in [0.2, 0.25) is 5.95 Å². The Morgan fingerprint density at radius 1 is 1.19 bits per heavy atom. The molecule has 0 unspecified atom stereocenters. The third kappa shape index (κ3) is 3.08. The number of hydrogen-bond donors (Lipinski definition) is 0. The first-order chi connectivity index (χ1) is 15.0. The van der Waals surface area contributed by atoms with Crippen molar-refractivity contribution >= 4 is 11.7 Å². The second kappa shape index (κ2) is 7.44. The number of amides is 1. The van der Waals surface area contributed by atoms with Crippen molar-refractivity contribution < 1.29 is 4.79 Å². The fourth-order valence-corrected chi connectivity index (χ4v) is 4.79. The molecule has 1 amide bonds. The van der Waals surface area contributed by atoms with Crippen molar-refractivity contribution in [1.29, 1.82) is 0 Å². The van der Waals surface area contributed by atoms with E-state index in [1.165, 1.54) is 17.7 Å². The fraction of sp³-hybridized carbons (Fsp3) is 0.524. The molecule has 0 bridgehead atoms. The van der Waals surface area contributed by atoms with E-state index in [1.54, 1.807) is 37.5 Å². The molecule has 1 aliphatic heterocycles. The Balaban J connectivity index is 1.66. The summed E-state index contributed by atoms with van der Waals surface area (Å²) in [5.41, 5.74) is 2.14. The van der Waals surface area contributed by atoms with Gasteiger partial charge in [0.05, 0.1) is 11.7 Å². The van der Waals surface area contributed by atoms with Crippen molar-refractivity contribution in [3.05, 3.63) is 36.1 Å². The van der Waals surface area contributed by atoms with Crippen LogP contribution in [0, 0.1) is 6.92 Å². The summed E-state index contributed by atoms with van der Waals surface area (Å²) in [4.78, 5) is 30.2. The predicted molar refractivity (Wildman–Crippen MR) is 115 cm³/mol. The summed E-state index contributed by atoms with van der Waals surface area (Å²) in [6.45, 7) is 4.16. The van der Waals surface area contributed by atoms with Gasteiger partial charge >= 0.3 is 0 Å². The van der Waals surface area contributed by atoms with E-state index in [1.807, 2.05) is 11.5 Å². The lowest BCUT2D eigenvalue weighted by Gasteiger charge is -2.41. The second-order valence-corrected chi connectivity index (χ2v) is 8.48. The fourth-order valence-electron chi connectivity index (χ4n) is 4.79. The highest BCUT2D eigenvalue weighted by molar-refractivity contribution is 5.91. The molecule has 3 aromatic heterocycles. The first-order valence-corrected chi connectivity index (χ1v) is 10.8. The quantitative estimate of drug-likeness (QED) is 0.638. The van der Waals surface area contributed by atoms with E-state index in [-0.39, 0.29) is 11.9 Å². The number of carbonyl (C=O) groups is 1. The Kier molecular flexibility index (Phi) is 4.71. The lowest BCUT2D eigenvalue weighted by molar-refractivity contribution is 0.0822. The summed E-state index contributed by atoms with van der Waals surface area (Å²) in [6, 6.07) is 0.541. The molecule has 3 aromatic rings. The topological polar surface area (TPSA) is 97.9 Å². The molecule has 4 heterocycles. The van der Waals surface area contributed by atoms with Crippen LogP contribution in [0.5, 0.6) is 0 Å². The number of fused-ring (bicyclic) bond motifs is 3. The Bertz CT molecular complexity index is 1130. The van der Waals surface area contributed by atoms with Gasteiger partial charge in [-0.3, -0.25) is 13.9 Å². The van der Waals surface area contributed by atoms with Crippen molar-refractivity contribution in [2.45, 2.75) is 58.0 Å². The van der Waals surface area contributed by atoms with Crippen LogP contribution in [-0.4, -0.2) is 65.2 Å². The van der Waals surface area contributed by atoms with Crippen LogP contribution in [0.4, 0.5) is 5.82 Å². The minimum Gasteiger partial charge on any atom is -0.343 e. The Morgan fingerprint density at radius 3 is 2.68 bits per heavy atom. The highest BCUT2D eigenvalue weighted by Crippen LogP contribution is 2.43. The van der Waals surface area contributed by atoms with Gasteiger partial charge in [-0.15, -0.1) is 10.2 Å². The van der Waals surface area contributed by atoms with E-state index in [2.05, 4.69) is 27.0 Å². The summed E-state index contributed by atoms with van der Waals surface area (Å²) in [6.07, 6.45) is 10.7. The van der Waals surface area contributed by atoms with Crippen molar-refractivity contribution in [2.24, 2.45) is 0 Å². The first kappa shape index (κ1) is 19.7. The minimum atomic E-state index is -0.152. The Labute approximate surface area is 180 Å². The number of hydrogen-bond acceptors (Lipinski definition) is 7. The van der Waals surface area contributed by atoms with Crippen LogP contribution in [0.15, 0.2) is 18.9 Å². The maximum Gasteiger partial charge on any atom is 0.273 e. The molecule has 31 heavy (non-hydrogen) atoms. The molecule has 0 saturated heterocycles. The van der Waals surface area contributed by atoms with Crippen LogP contribution in [-0.2, 0) is 0 Å². The number of anilines is 1. The number of aromatic nitrogens is 7. The zero-order valence-corrected chi connectivity index (χ0v) is 18.4. The molecule has 10 nitrogen and oxygen atoms in total. The monoisotopic (exact) mass is 421 g/mol. The van der Waals surface area contributed by atoms with Gasteiger partial charge in [-0.2, -0.15) is 4.98 Å². The highest BCUT2D eigenvalue weighted by atomic mass is 16.2. The van der Waals surface area contributed by atoms with Crippen LogP contribution in [0.2, 0.25) is 0 Å². The minimum absolute atomic E-state index is 0.119. The van der Waals surface area contributed by atoms with E-state index in [0.717, 1.165) is 42.3 Å². The SMILES string of the molecule is CC[C@@H]1c2nncn2-c2c(C)nc(-n3cnc(C(=O)N(C)C)c3)nc2N1C1CCCC1. The number of nitrogens with zero attached hydrogens (tertiary/aromatic N) is 9. The van der Waals surface area contributed by atoms with E-state index >= 15 is 0 Å². The molecule has 0 aromatic carbocycles. The number of imidazole rings is 1. The van der Waals surface area contributed by atoms with Gasteiger partial charge in [0.15, 0.2) is 11.6 Å². The molecule has 5 rings (SSSR count). The zero-order valence-electron chi connectivity index (χ0n) is 18.4. The zero-order chi connectivity index (χ0) is 21.7. The van der Waals surface area contributed by atoms with Gasteiger partial charge in [-0.05, 0) is 26.2 Å². The van der Waals surface area contributed by atoms with Gasteiger partial charge in [0.1, 0.15) is 24.0 Å². The standard InChI is InChI=1S/C21H27N9O/c1-5-16-18-26-23-12-29(18)17-13(2)24-21(25-19(17)30(16)14-8-6-7-9-14)28-10-15(22-11-28)20(31)27(3)4/h10-12,14,16H,5-9H2,1-4H3/t16-/m1/s1. The van der Waals surface area contributed by atoms with Crippen LogP contribution < -0.4 is 4.90 Å². The number of aryl methyl sites for hydroxylation is 1. The third-order valence-electron chi connectivity index (χ3n) is 6.27. The van der Waals surface area contributed by atoms with E-state index < -0.39 is 0 Å². The number of rotatable bonds is 4. The summed E-state index contributed by atoms with van der Waals surface area (Å²) in [5, 5.41) is 8.65. The first-order valence-electron chi connectivity index (χ1n) is 10.8. The lowest BCUT2D eigenvalue weighted by atomic mass is 10.0. The smallest absolute Gasteiger partial charge is 0.273 e. The maximum absolute atomic E-state index is 12.3. The average molecular weight is 422 g/mol. The second-order valence-electron chi connectivity index (χ2n) is 8.48. The summed E-state index contributed by atoms with van der Waals surface area (Å²) in [7, 11) is 3.42. The molecule has 1 fully saturated rings. The number of carbonyl (C=O) groups excluding carboxylic acids is 1. The van der Waals surface area contributed by atoms with Gasteiger partial charge in [0.25, 0.3) is 5.91 Å². The molecule has 0 radical (unpaired) electrons. The summed E-state index contributed by atoms with van der Waals surface area (Å²) < 4.78 is 3.75. The summed E-state index contributed by atoms with van der Waals surface area (Å²) >= 11 is 0. The molecule has 2 aliphatic rings. The van der Waals surface area contributed by atoms with Crippen molar-refractivity contribution in [3.63, 3.8) is 0 Å². The molecule has 1 saturated carbocycles. The molecule has 0 N–H and O–H groups in total. The van der Waals surface area contributed by atoms with E-state index in [0.29, 0.717) is 17.7 Å². The van der Waals surface area contributed by atoms with Gasteiger partial charge < -0.3 is 9.80 Å². The lowest BCUT2D eigenvalue weighted by Crippen LogP contribution is -2.42. The van der Waals surface area contributed by atoms with Crippen LogP contribution >= 0.6 is 0 Å². The molecular formula is C21H27N9O. The molecule has 162 valence electrons. The highest BCUT2D eigenvalue weighted by Gasteiger charge is 2.39. The van der Waals surface area contributed by atoms with Crippen LogP contribution in [0.1, 0.15) is 67.1 Å². The molecular weight excluding hydrogens is 394 g/mol. The molecule has 1 aliphatic carbocycles. The third-order valence-corrected chi connectivity index (χ3v) is 6.27. The van der Waals surface area contributed by atoms with Gasteiger partial charge in [-0.25, -0.2) is 9.97 Å². The Morgan fingerprint density at radius 2 is 1.97 bits per heavy atom. The van der Waals surface area contributed by atoms with Gasteiger partial charge in [-0.1, -0.05) is 19.8 Å². The molecule has 1 atom stereocenters. The molecule has 0 spiro atoms. The largest absolute Gasteiger partial charge is 0.343 e. The van der Waals surface area contributed by atoms with Crippen molar-refractivity contribution in [3.8, 4) is 11.6 Å². The maximum atomic E-state index is 12.3.